The Hall–Kier alpha value is -1.31. The van der Waals surface area contributed by atoms with Crippen molar-refractivity contribution < 1.29 is 9.53 Å². The number of nitrogens with zero attached hydrogens (tertiary/aromatic N) is 1. The third kappa shape index (κ3) is 11.0. The topological polar surface area (TPSA) is 62.7 Å². The van der Waals surface area contributed by atoms with Crippen LogP contribution in [-0.4, -0.2) is 38.2 Å². The Morgan fingerprint density at radius 1 is 1.17 bits per heavy atom. The molecule has 2 N–H and O–H groups in total. The molecule has 0 radical (unpaired) electrons. The first-order valence-electron chi connectivity index (χ1n) is 7.79. The van der Waals surface area contributed by atoms with Gasteiger partial charge in [-0.15, -0.1) is 24.0 Å². The molecule has 1 aromatic rings. The second kappa shape index (κ2) is 13.2. The van der Waals surface area contributed by atoms with Crippen LogP contribution in [0.15, 0.2) is 35.3 Å². The number of esters is 1. The number of guanidine groups is 1. The Balaban J connectivity index is 0.00000484. The number of aryl methyl sites for hydroxylation is 1. The van der Waals surface area contributed by atoms with Crippen molar-refractivity contribution in [3.05, 3.63) is 35.9 Å². The molecule has 0 aliphatic heterocycles. The zero-order valence-corrected chi connectivity index (χ0v) is 16.5. The Kier molecular flexibility index (Phi) is 12.4. The molecule has 0 amide bonds. The molecule has 0 aliphatic rings. The number of hydrogen-bond donors (Lipinski definition) is 2. The number of carbonyl (C=O) groups is 1. The number of halogens is 1. The van der Waals surface area contributed by atoms with Gasteiger partial charge < -0.3 is 15.4 Å². The lowest BCUT2D eigenvalue weighted by Gasteiger charge is -2.12. The van der Waals surface area contributed by atoms with Crippen molar-refractivity contribution in [1.29, 1.82) is 0 Å². The molecule has 5 nitrogen and oxygen atoms in total. The van der Waals surface area contributed by atoms with Crippen LogP contribution in [0.2, 0.25) is 0 Å². The van der Waals surface area contributed by atoms with Gasteiger partial charge in [0.1, 0.15) is 0 Å². The standard InChI is InChI=1S/C17H27N3O2.HI/c1-14(2)22-16(21)11-13-20-17(18-3)19-12-7-10-15-8-5-4-6-9-15;/h4-6,8-9,14H,7,10-13H2,1-3H3,(H2,18,19,20);1H. The van der Waals surface area contributed by atoms with E-state index in [2.05, 4.69) is 39.9 Å². The van der Waals surface area contributed by atoms with Crippen molar-refractivity contribution in [2.75, 3.05) is 20.1 Å². The molecule has 0 aromatic heterocycles. The molecule has 0 fully saturated rings. The van der Waals surface area contributed by atoms with Crippen molar-refractivity contribution in [2.45, 2.75) is 39.2 Å². The summed E-state index contributed by atoms with van der Waals surface area (Å²) in [6, 6.07) is 10.4. The maximum absolute atomic E-state index is 11.4. The summed E-state index contributed by atoms with van der Waals surface area (Å²) in [4.78, 5) is 15.6. The fourth-order valence-corrected chi connectivity index (χ4v) is 1.97. The maximum atomic E-state index is 11.4. The average molecular weight is 433 g/mol. The van der Waals surface area contributed by atoms with Crippen LogP contribution in [0.3, 0.4) is 0 Å². The molecule has 0 aliphatic carbocycles. The second-order valence-electron chi connectivity index (χ2n) is 5.30. The normalized spacial score (nSPS) is 10.9. The zero-order valence-electron chi connectivity index (χ0n) is 14.2. The number of aliphatic imine (C=N–C) groups is 1. The number of ether oxygens (including phenoxy) is 1. The van der Waals surface area contributed by atoms with Crippen LogP contribution in [0, 0.1) is 0 Å². The fourth-order valence-electron chi connectivity index (χ4n) is 1.97. The lowest BCUT2D eigenvalue weighted by molar-refractivity contribution is -0.147. The molecular weight excluding hydrogens is 405 g/mol. The van der Waals surface area contributed by atoms with Gasteiger partial charge in [0.05, 0.1) is 12.5 Å². The van der Waals surface area contributed by atoms with Crippen LogP contribution in [0.5, 0.6) is 0 Å². The molecule has 23 heavy (non-hydrogen) atoms. The van der Waals surface area contributed by atoms with Crippen molar-refractivity contribution in [2.24, 2.45) is 4.99 Å². The molecule has 1 aromatic carbocycles. The van der Waals surface area contributed by atoms with Crippen molar-refractivity contribution in [1.82, 2.24) is 10.6 Å². The number of benzene rings is 1. The van der Waals surface area contributed by atoms with Crippen LogP contribution >= 0.6 is 24.0 Å². The van der Waals surface area contributed by atoms with E-state index in [4.69, 9.17) is 4.74 Å². The van der Waals surface area contributed by atoms with E-state index in [1.54, 1.807) is 7.05 Å². The molecule has 0 saturated carbocycles. The lowest BCUT2D eigenvalue weighted by Crippen LogP contribution is -2.39. The molecule has 0 heterocycles. The van der Waals surface area contributed by atoms with E-state index in [1.807, 2.05) is 19.9 Å². The zero-order chi connectivity index (χ0) is 16.2. The van der Waals surface area contributed by atoms with Crippen LogP contribution in [0.4, 0.5) is 0 Å². The van der Waals surface area contributed by atoms with E-state index in [0.29, 0.717) is 18.9 Å². The number of hydrogen-bond acceptors (Lipinski definition) is 3. The Morgan fingerprint density at radius 3 is 2.43 bits per heavy atom. The van der Waals surface area contributed by atoms with Gasteiger partial charge in [0, 0.05) is 20.1 Å². The Morgan fingerprint density at radius 2 is 1.83 bits per heavy atom. The predicted molar refractivity (Wildman–Crippen MR) is 105 cm³/mol. The van der Waals surface area contributed by atoms with Crippen LogP contribution < -0.4 is 10.6 Å². The molecule has 0 unspecified atom stereocenters. The molecule has 0 atom stereocenters. The minimum atomic E-state index is -0.193. The quantitative estimate of drug-likeness (QED) is 0.218. The molecule has 0 bridgehead atoms. The minimum absolute atomic E-state index is 0. The molecule has 0 saturated heterocycles. The van der Waals surface area contributed by atoms with E-state index in [0.717, 1.165) is 19.4 Å². The average Bonchev–Trinajstić information content (AvgIpc) is 2.50. The van der Waals surface area contributed by atoms with E-state index < -0.39 is 0 Å². The first-order valence-corrected chi connectivity index (χ1v) is 7.79. The van der Waals surface area contributed by atoms with Gasteiger partial charge in [-0.25, -0.2) is 0 Å². The number of nitrogens with one attached hydrogen (secondary N) is 2. The first kappa shape index (κ1) is 21.7. The van der Waals surface area contributed by atoms with Gasteiger partial charge in [-0.3, -0.25) is 9.79 Å². The monoisotopic (exact) mass is 433 g/mol. The van der Waals surface area contributed by atoms with E-state index in [-0.39, 0.29) is 36.0 Å². The molecular formula is C17H28IN3O2. The Bertz CT molecular complexity index is 464. The predicted octanol–water partition coefficient (Wildman–Crippen LogP) is 2.74. The van der Waals surface area contributed by atoms with Gasteiger partial charge in [-0.05, 0) is 32.3 Å². The minimum Gasteiger partial charge on any atom is -0.463 e. The molecule has 6 heteroatoms. The summed E-state index contributed by atoms with van der Waals surface area (Å²) in [6.07, 6.45) is 2.33. The second-order valence-corrected chi connectivity index (χ2v) is 5.30. The van der Waals surface area contributed by atoms with Gasteiger partial charge in [-0.1, -0.05) is 30.3 Å². The van der Waals surface area contributed by atoms with Gasteiger partial charge in [0.15, 0.2) is 5.96 Å². The van der Waals surface area contributed by atoms with Crippen LogP contribution in [0.1, 0.15) is 32.3 Å². The summed E-state index contributed by atoms with van der Waals surface area (Å²) in [7, 11) is 1.72. The smallest absolute Gasteiger partial charge is 0.307 e. The third-order valence-electron chi connectivity index (χ3n) is 2.99. The van der Waals surface area contributed by atoms with Gasteiger partial charge in [0.2, 0.25) is 0 Å². The third-order valence-corrected chi connectivity index (χ3v) is 2.99. The van der Waals surface area contributed by atoms with E-state index in [9.17, 15) is 4.79 Å². The molecule has 130 valence electrons. The summed E-state index contributed by atoms with van der Waals surface area (Å²) in [6.45, 7) is 5.05. The maximum Gasteiger partial charge on any atom is 0.307 e. The fraction of sp³-hybridized carbons (Fsp3) is 0.529. The SMILES string of the molecule is CN=C(NCCCc1ccccc1)NCCC(=O)OC(C)C.I. The first-order chi connectivity index (χ1) is 10.6. The van der Waals surface area contributed by atoms with Gasteiger partial charge in [0.25, 0.3) is 0 Å². The lowest BCUT2D eigenvalue weighted by atomic mass is 10.1. The van der Waals surface area contributed by atoms with E-state index in [1.165, 1.54) is 5.56 Å². The highest BCUT2D eigenvalue weighted by Gasteiger charge is 2.05. The molecule has 0 spiro atoms. The Labute approximate surface area is 156 Å². The van der Waals surface area contributed by atoms with Crippen LogP contribution in [0.25, 0.3) is 0 Å². The number of carbonyl (C=O) groups excluding carboxylic acids is 1. The summed E-state index contributed by atoms with van der Waals surface area (Å²) < 4.78 is 5.07. The highest BCUT2D eigenvalue weighted by atomic mass is 127. The highest BCUT2D eigenvalue weighted by molar-refractivity contribution is 14.0. The van der Waals surface area contributed by atoms with E-state index >= 15 is 0 Å². The summed E-state index contributed by atoms with van der Waals surface area (Å²) >= 11 is 0. The molecule has 1 rings (SSSR count). The van der Waals surface area contributed by atoms with Crippen LogP contribution in [-0.2, 0) is 16.0 Å². The van der Waals surface area contributed by atoms with Crippen molar-refractivity contribution in [3.8, 4) is 0 Å². The summed E-state index contributed by atoms with van der Waals surface area (Å²) in [5.74, 6) is 0.521. The van der Waals surface area contributed by atoms with Gasteiger partial charge >= 0.3 is 5.97 Å². The summed E-state index contributed by atoms with van der Waals surface area (Å²) in [5, 5.41) is 6.35. The highest BCUT2D eigenvalue weighted by Crippen LogP contribution is 2.01. The van der Waals surface area contributed by atoms with Gasteiger partial charge in [-0.2, -0.15) is 0 Å². The number of rotatable bonds is 8. The van der Waals surface area contributed by atoms with Crippen molar-refractivity contribution >= 4 is 35.9 Å². The largest absolute Gasteiger partial charge is 0.463 e. The summed E-state index contributed by atoms with van der Waals surface area (Å²) in [5.41, 5.74) is 1.34. The van der Waals surface area contributed by atoms with Crippen molar-refractivity contribution in [3.63, 3.8) is 0 Å².